The summed E-state index contributed by atoms with van der Waals surface area (Å²) in [6.45, 7) is 6.58. The van der Waals surface area contributed by atoms with Crippen molar-refractivity contribution in [3.63, 3.8) is 0 Å². The number of esters is 2. The molecule has 4 aromatic rings. The number of hydrogen-bond acceptors (Lipinski definition) is 18. The average Bonchev–Trinajstić information content (AvgIpc) is 3.87. The molecule has 2 aliphatic heterocycles. The van der Waals surface area contributed by atoms with Crippen LogP contribution in [0.5, 0.6) is 0 Å². The Bertz CT molecular complexity index is 2110. The standard InChI is InChI=1S/C16H21FN5O6P.C14H17FN5O8P/c1-8(23)21-14-12-15(19-6-18-14)22(7-20-12)16-13(27-9(2)24)11(17)10(28-16)5-26-29(3,4)25;1-6(21)19-12-10-13(17-4-16-12)20(5-18-10)14-11(27-7(2)22)9(15)8(28-14)3-26-29(23,24)25/h6-7,10-11,13,16H,5H2,1-4H3,(H,18,19,21,23);4-5,8-9,11,14H,3H2,1-2H3,(H2,23,24,25)(H,16,17,19,21)/t10-,11?,13+,16-;8-,9?,11+,14-/m11/s1. The molecule has 2 saturated heterocycles. The summed E-state index contributed by atoms with van der Waals surface area (Å²) in [5.74, 6) is -1.94. The van der Waals surface area contributed by atoms with Gasteiger partial charge in [-0.1, -0.05) is 0 Å². The van der Waals surface area contributed by atoms with E-state index in [2.05, 4.69) is 45.1 Å². The number of nitrogens with one attached hydrogen (secondary N) is 2. The van der Waals surface area contributed by atoms with Crippen LogP contribution >= 0.6 is 15.2 Å². The van der Waals surface area contributed by atoms with Crippen LogP contribution in [0.2, 0.25) is 0 Å². The van der Waals surface area contributed by atoms with Crippen molar-refractivity contribution in [2.45, 2.75) is 76.9 Å². The minimum absolute atomic E-state index is 0.112. The number of alkyl halides is 2. The number of nitrogens with zero attached hydrogens (tertiary/aromatic N) is 8. The molecule has 58 heavy (non-hydrogen) atoms. The van der Waals surface area contributed by atoms with E-state index in [1.165, 1.54) is 55.3 Å². The highest BCUT2D eigenvalue weighted by Crippen LogP contribution is 2.42. The highest BCUT2D eigenvalue weighted by atomic mass is 31.2. The van der Waals surface area contributed by atoms with E-state index in [9.17, 15) is 37.1 Å². The Hall–Kier alpha value is -4.94. The Balaban J connectivity index is 0.000000221. The Labute approximate surface area is 326 Å². The molecule has 2 amide bonds. The number of phosphoric acid groups is 1. The van der Waals surface area contributed by atoms with E-state index in [4.69, 9.17) is 33.3 Å². The maximum absolute atomic E-state index is 15.0. The largest absolute Gasteiger partial charge is 0.469 e. The first-order chi connectivity index (χ1) is 27.1. The van der Waals surface area contributed by atoms with Crippen molar-refractivity contribution < 1.29 is 74.9 Å². The smallest absolute Gasteiger partial charge is 0.454 e. The molecule has 0 bridgehead atoms. The number of amides is 2. The SMILES string of the molecule is CC(=O)Nc1ncnc2c1ncn2[C@@H]1O[C@H](COP(=O)(O)O)C(F)[C@@H]1OC(C)=O.CC(=O)Nc1ncnc2c1ncn2[C@@H]1O[C@H](COP(C)(C)=O)C(F)[C@@H]1OC(C)=O. The summed E-state index contributed by atoms with van der Waals surface area (Å²) >= 11 is 0. The molecular weight excluding hydrogens is 824 g/mol. The molecule has 6 heterocycles. The Morgan fingerprint density at radius 3 is 1.45 bits per heavy atom. The van der Waals surface area contributed by atoms with Gasteiger partial charge in [-0.25, -0.2) is 43.2 Å². The van der Waals surface area contributed by atoms with Gasteiger partial charge in [0.2, 0.25) is 11.8 Å². The fraction of sp³-hybridized carbons (Fsp3) is 0.533. The highest BCUT2D eigenvalue weighted by Gasteiger charge is 2.51. The van der Waals surface area contributed by atoms with Gasteiger partial charge in [0.1, 0.15) is 24.9 Å². The molecule has 4 aromatic heterocycles. The zero-order valence-electron chi connectivity index (χ0n) is 31.4. The van der Waals surface area contributed by atoms with Gasteiger partial charge >= 0.3 is 19.8 Å². The molecule has 6 rings (SSSR count). The molecule has 0 spiro atoms. The van der Waals surface area contributed by atoms with Crippen LogP contribution in [0.1, 0.15) is 40.2 Å². The molecule has 0 aliphatic carbocycles. The van der Waals surface area contributed by atoms with Crippen molar-refractivity contribution in [1.29, 1.82) is 0 Å². The summed E-state index contributed by atoms with van der Waals surface area (Å²) in [7, 11) is -7.73. The second-order valence-corrected chi connectivity index (χ2v) is 17.0. The summed E-state index contributed by atoms with van der Waals surface area (Å²) in [6.07, 6.45) is -6.46. The average molecular weight is 863 g/mol. The van der Waals surface area contributed by atoms with Crippen molar-refractivity contribution >= 4 is 72.9 Å². The Kier molecular flexibility index (Phi) is 13.6. The van der Waals surface area contributed by atoms with Crippen molar-refractivity contribution in [2.24, 2.45) is 0 Å². The predicted octanol–water partition coefficient (Wildman–Crippen LogP) is 1.57. The second-order valence-electron chi connectivity index (χ2n) is 13.0. The van der Waals surface area contributed by atoms with Gasteiger partial charge in [0.25, 0.3) is 0 Å². The van der Waals surface area contributed by atoms with E-state index in [1.807, 2.05) is 0 Å². The van der Waals surface area contributed by atoms with Gasteiger partial charge in [0.05, 0.1) is 25.9 Å². The van der Waals surface area contributed by atoms with Gasteiger partial charge < -0.3 is 43.9 Å². The topological polar surface area (TPSA) is 310 Å². The van der Waals surface area contributed by atoms with Crippen molar-refractivity contribution in [2.75, 3.05) is 37.2 Å². The molecule has 28 heteroatoms. The Morgan fingerprint density at radius 1 is 0.707 bits per heavy atom. The number of rotatable bonds is 12. The molecule has 2 aliphatic rings. The van der Waals surface area contributed by atoms with Crippen molar-refractivity contribution in [3.05, 3.63) is 25.3 Å². The first-order valence-corrected chi connectivity index (χ1v) is 20.9. The summed E-state index contributed by atoms with van der Waals surface area (Å²) in [6, 6.07) is 0. The van der Waals surface area contributed by atoms with Crippen LogP contribution in [0.4, 0.5) is 20.4 Å². The second kappa shape index (κ2) is 17.9. The maximum atomic E-state index is 15.0. The van der Waals surface area contributed by atoms with Crippen molar-refractivity contribution in [1.82, 2.24) is 39.0 Å². The van der Waals surface area contributed by atoms with Crippen LogP contribution in [0.25, 0.3) is 22.3 Å². The Morgan fingerprint density at radius 2 is 1.10 bits per heavy atom. The highest BCUT2D eigenvalue weighted by molar-refractivity contribution is 7.57. The number of phosphoric ester groups is 1. The lowest BCUT2D eigenvalue weighted by Gasteiger charge is -2.20. The monoisotopic (exact) mass is 862 g/mol. The van der Waals surface area contributed by atoms with E-state index >= 15 is 0 Å². The van der Waals surface area contributed by atoms with E-state index < -0.39 is 88.9 Å². The molecule has 316 valence electrons. The first-order valence-electron chi connectivity index (χ1n) is 16.9. The molecule has 0 radical (unpaired) electrons. The number of carbonyl (C=O) groups is 4. The van der Waals surface area contributed by atoms with E-state index in [-0.39, 0.29) is 46.5 Å². The van der Waals surface area contributed by atoms with Gasteiger partial charge in [-0.2, -0.15) is 0 Å². The van der Waals surface area contributed by atoms with Gasteiger partial charge in [-0.3, -0.25) is 37.4 Å². The fourth-order valence-corrected chi connectivity index (χ4v) is 6.60. The van der Waals surface area contributed by atoms with Crippen molar-refractivity contribution in [3.8, 4) is 0 Å². The van der Waals surface area contributed by atoms with Crippen LogP contribution in [-0.2, 0) is 56.3 Å². The lowest BCUT2D eigenvalue weighted by Crippen LogP contribution is -2.33. The minimum atomic E-state index is -4.87. The molecule has 2 fully saturated rings. The molecule has 8 atom stereocenters. The summed E-state index contributed by atoms with van der Waals surface area (Å²) in [5.41, 5.74) is 0.832. The van der Waals surface area contributed by atoms with Crippen LogP contribution in [0, 0.1) is 0 Å². The minimum Gasteiger partial charge on any atom is -0.454 e. The van der Waals surface area contributed by atoms with Gasteiger partial charge in [-0.05, 0) is 0 Å². The van der Waals surface area contributed by atoms with Crippen LogP contribution < -0.4 is 10.6 Å². The number of imidazole rings is 2. The number of anilines is 2. The number of ether oxygens (including phenoxy) is 4. The summed E-state index contributed by atoms with van der Waals surface area (Å²) in [5, 5.41) is 5.01. The fourth-order valence-electron chi connectivity index (χ4n) is 5.76. The van der Waals surface area contributed by atoms with Gasteiger partial charge in [-0.15, -0.1) is 0 Å². The summed E-state index contributed by atoms with van der Waals surface area (Å²) < 4.78 is 86.1. The molecule has 24 nitrogen and oxygen atoms in total. The lowest BCUT2D eigenvalue weighted by molar-refractivity contribution is -0.154. The number of fused-ring (bicyclic) bond motifs is 2. The number of halogens is 2. The summed E-state index contributed by atoms with van der Waals surface area (Å²) in [4.78, 5) is 87.6. The number of carbonyl (C=O) groups excluding carboxylic acids is 4. The number of aromatic nitrogens is 8. The molecular formula is C30H38F2N10O14P2. The molecule has 0 saturated carbocycles. The third-order valence-corrected chi connectivity index (χ3v) is 9.20. The predicted molar refractivity (Wildman–Crippen MR) is 191 cm³/mol. The molecule has 2 unspecified atom stereocenters. The van der Waals surface area contributed by atoms with E-state index in [0.29, 0.717) is 0 Å². The zero-order chi connectivity index (χ0) is 42.7. The maximum Gasteiger partial charge on any atom is 0.469 e. The van der Waals surface area contributed by atoms with Gasteiger partial charge in [0.15, 0.2) is 78.3 Å². The first kappa shape index (κ1) is 44.2. The third-order valence-electron chi connectivity index (χ3n) is 7.94. The molecule has 0 aromatic carbocycles. The van der Waals surface area contributed by atoms with Gasteiger partial charge in [0, 0.05) is 41.0 Å². The van der Waals surface area contributed by atoms with Crippen LogP contribution in [0.3, 0.4) is 0 Å². The third kappa shape index (κ3) is 10.8. The zero-order valence-corrected chi connectivity index (χ0v) is 33.2. The molecule has 4 N–H and O–H groups in total. The van der Waals surface area contributed by atoms with E-state index in [0.717, 1.165) is 20.2 Å². The number of hydrogen-bond donors (Lipinski definition) is 4. The van der Waals surface area contributed by atoms with Crippen LogP contribution in [0.15, 0.2) is 25.3 Å². The lowest BCUT2D eigenvalue weighted by atomic mass is 10.1. The quantitative estimate of drug-likeness (QED) is 0.116. The van der Waals surface area contributed by atoms with Crippen LogP contribution in [-0.4, -0.2) is 136 Å². The van der Waals surface area contributed by atoms with E-state index in [1.54, 1.807) is 0 Å². The normalized spacial score (nSPS) is 24.6.